The van der Waals surface area contributed by atoms with Gasteiger partial charge in [-0.25, -0.2) is 4.98 Å². The fourth-order valence-electron chi connectivity index (χ4n) is 4.32. The third kappa shape index (κ3) is 2.99. The first-order valence-electron chi connectivity index (χ1n) is 9.69. The Bertz CT molecular complexity index is 1150. The van der Waals surface area contributed by atoms with Crippen LogP contribution in [0.15, 0.2) is 36.7 Å². The van der Waals surface area contributed by atoms with E-state index in [1.54, 1.807) is 18.5 Å². The number of rotatable bonds is 1. The Morgan fingerprint density at radius 3 is 2.86 bits per heavy atom. The van der Waals surface area contributed by atoms with Crippen molar-refractivity contribution in [1.82, 2.24) is 14.9 Å². The quantitative estimate of drug-likeness (QED) is 0.654. The van der Waals surface area contributed by atoms with Crippen molar-refractivity contribution >= 4 is 34.3 Å². The first kappa shape index (κ1) is 18.2. The first-order chi connectivity index (χ1) is 14.0. The molecular formula is C22H20ClN3O3. The van der Waals surface area contributed by atoms with Gasteiger partial charge in [-0.15, -0.1) is 0 Å². The fourth-order valence-corrected chi connectivity index (χ4v) is 4.48. The predicted octanol–water partition coefficient (Wildman–Crippen LogP) is 4.16. The van der Waals surface area contributed by atoms with Gasteiger partial charge in [-0.05, 0) is 36.8 Å². The van der Waals surface area contributed by atoms with E-state index in [4.69, 9.17) is 16.3 Å². The summed E-state index contributed by atoms with van der Waals surface area (Å²) < 4.78 is 6.32. The van der Waals surface area contributed by atoms with Gasteiger partial charge in [0.2, 0.25) is 0 Å². The van der Waals surface area contributed by atoms with E-state index in [0.717, 1.165) is 11.1 Å². The first-order valence-corrected chi connectivity index (χ1v) is 10.1. The highest BCUT2D eigenvalue weighted by Gasteiger charge is 2.44. The van der Waals surface area contributed by atoms with E-state index in [9.17, 15) is 9.59 Å². The Labute approximate surface area is 172 Å². The number of fused-ring (bicyclic) bond motifs is 2. The lowest BCUT2D eigenvalue weighted by molar-refractivity contribution is -0.00568. The molecule has 0 unspecified atom stereocenters. The van der Waals surface area contributed by atoms with Crippen molar-refractivity contribution in [3.8, 4) is 5.75 Å². The average molecular weight is 410 g/mol. The summed E-state index contributed by atoms with van der Waals surface area (Å²) in [6, 6.07) is 9.10. The summed E-state index contributed by atoms with van der Waals surface area (Å²) in [7, 11) is 0. The number of hydrogen-bond acceptors (Lipinski definition) is 4. The number of halogens is 1. The zero-order valence-electron chi connectivity index (χ0n) is 16.0. The number of H-pyrrole nitrogens is 1. The number of hydrogen-bond donors (Lipinski definition) is 1. The molecule has 5 rings (SSSR count). The van der Waals surface area contributed by atoms with E-state index >= 15 is 0 Å². The number of piperidine rings is 1. The van der Waals surface area contributed by atoms with Crippen LogP contribution < -0.4 is 4.74 Å². The summed E-state index contributed by atoms with van der Waals surface area (Å²) in [4.78, 5) is 35.0. The number of nitrogens with one attached hydrogen (secondary N) is 1. The lowest BCUT2D eigenvalue weighted by Crippen LogP contribution is -2.52. The number of aromatic nitrogens is 2. The second kappa shape index (κ2) is 6.59. The van der Waals surface area contributed by atoms with Gasteiger partial charge in [-0.3, -0.25) is 9.59 Å². The number of ether oxygens (including phenoxy) is 1. The summed E-state index contributed by atoms with van der Waals surface area (Å²) in [5, 5.41) is 0.574. The summed E-state index contributed by atoms with van der Waals surface area (Å²) in [5.74, 6) is 0.612. The Morgan fingerprint density at radius 2 is 2.07 bits per heavy atom. The number of Topliss-reactive ketones (excluding diaryl/α,β-unsaturated/α-hetero) is 1. The normalized spacial score (nSPS) is 18.0. The van der Waals surface area contributed by atoms with Crippen LogP contribution in [0.25, 0.3) is 11.0 Å². The lowest BCUT2D eigenvalue weighted by atomic mass is 9.82. The van der Waals surface area contributed by atoms with Crippen LogP contribution in [0.1, 0.15) is 45.5 Å². The van der Waals surface area contributed by atoms with Crippen LogP contribution in [0.2, 0.25) is 5.02 Å². The molecule has 7 heteroatoms. The number of likely N-dealkylation sites (tertiary alicyclic amines) is 1. The largest absolute Gasteiger partial charge is 0.486 e. The van der Waals surface area contributed by atoms with Crippen molar-refractivity contribution < 1.29 is 14.3 Å². The van der Waals surface area contributed by atoms with Gasteiger partial charge in [-0.1, -0.05) is 17.7 Å². The highest BCUT2D eigenvalue weighted by molar-refractivity contribution is 6.31. The zero-order valence-corrected chi connectivity index (χ0v) is 16.8. The third-order valence-electron chi connectivity index (χ3n) is 6.01. The van der Waals surface area contributed by atoms with Gasteiger partial charge < -0.3 is 14.6 Å². The molecular weight excluding hydrogens is 390 g/mol. The number of para-hydroxylation sites is 1. The number of aromatic amines is 1. The summed E-state index contributed by atoms with van der Waals surface area (Å²) in [6.45, 7) is 2.97. The number of imidazole rings is 1. The van der Waals surface area contributed by atoms with Crippen molar-refractivity contribution in [2.45, 2.75) is 31.8 Å². The van der Waals surface area contributed by atoms with Crippen LogP contribution in [-0.2, 0) is 0 Å². The zero-order chi connectivity index (χ0) is 20.2. The van der Waals surface area contributed by atoms with E-state index in [0.29, 0.717) is 59.8 Å². The summed E-state index contributed by atoms with van der Waals surface area (Å²) >= 11 is 6.17. The molecule has 29 heavy (non-hydrogen) atoms. The minimum absolute atomic E-state index is 0.0392. The molecule has 3 aromatic rings. The summed E-state index contributed by atoms with van der Waals surface area (Å²) in [5.41, 5.74) is 3.00. The second-order valence-electron chi connectivity index (χ2n) is 7.88. The molecule has 0 bridgehead atoms. The van der Waals surface area contributed by atoms with Gasteiger partial charge in [0.25, 0.3) is 5.91 Å². The number of carbonyl (C=O) groups is 2. The molecule has 1 fully saturated rings. The molecule has 1 saturated heterocycles. The molecule has 0 atom stereocenters. The molecule has 0 aliphatic carbocycles. The molecule has 3 heterocycles. The monoisotopic (exact) mass is 409 g/mol. The van der Waals surface area contributed by atoms with E-state index in [-0.39, 0.29) is 11.7 Å². The third-order valence-corrected chi connectivity index (χ3v) is 6.42. The SMILES string of the molecule is Cc1cc2c(cc1Cl)C(=O)CC1(CCN(C(=O)c3cccc4[nH]cnc34)CC1)O2. The maximum absolute atomic E-state index is 13.1. The minimum atomic E-state index is -0.556. The summed E-state index contributed by atoms with van der Waals surface area (Å²) in [6.07, 6.45) is 3.14. The molecule has 1 amide bonds. The highest BCUT2D eigenvalue weighted by Crippen LogP contribution is 2.41. The smallest absolute Gasteiger partial charge is 0.256 e. The lowest BCUT2D eigenvalue weighted by Gasteiger charge is -2.44. The van der Waals surface area contributed by atoms with Crippen LogP contribution >= 0.6 is 11.6 Å². The molecule has 2 aliphatic heterocycles. The number of ketones is 1. The molecule has 148 valence electrons. The maximum Gasteiger partial charge on any atom is 0.256 e. The molecule has 1 aromatic heterocycles. The fraction of sp³-hybridized carbons (Fsp3) is 0.318. The Hall–Kier alpha value is -2.86. The Kier molecular flexibility index (Phi) is 4.13. The van der Waals surface area contributed by atoms with Gasteiger partial charge in [-0.2, -0.15) is 0 Å². The maximum atomic E-state index is 13.1. The van der Waals surface area contributed by atoms with Crippen molar-refractivity contribution in [1.29, 1.82) is 0 Å². The molecule has 0 saturated carbocycles. The number of amides is 1. The second-order valence-corrected chi connectivity index (χ2v) is 8.29. The predicted molar refractivity (Wildman–Crippen MR) is 110 cm³/mol. The van der Waals surface area contributed by atoms with E-state index in [1.807, 2.05) is 30.0 Å². The Balaban J connectivity index is 1.36. The van der Waals surface area contributed by atoms with Crippen molar-refractivity contribution in [2.24, 2.45) is 0 Å². The van der Waals surface area contributed by atoms with Gasteiger partial charge in [0.05, 0.1) is 29.4 Å². The van der Waals surface area contributed by atoms with Gasteiger partial charge in [0.1, 0.15) is 16.9 Å². The standard InChI is InChI=1S/C22H20ClN3O3/c1-13-9-19-15(10-16(13)23)18(27)11-22(29-19)5-7-26(8-6-22)21(28)14-3-2-4-17-20(14)25-12-24-17/h2-4,9-10,12H,5-8,11H2,1H3,(H,24,25). The van der Waals surface area contributed by atoms with Crippen LogP contribution in [-0.4, -0.2) is 45.2 Å². The van der Waals surface area contributed by atoms with Crippen LogP contribution in [0.3, 0.4) is 0 Å². The molecule has 1 spiro atoms. The van der Waals surface area contributed by atoms with E-state index < -0.39 is 5.60 Å². The minimum Gasteiger partial charge on any atom is -0.486 e. The molecule has 1 N–H and O–H groups in total. The molecule has 2 aromatic carbocycles. The van der Waals surface area contributed by atoms with Crippen molar-refractivity contribution in [3.63, 3.8) is 0 Å². The number of carbonyl (C=O) groups excluding carboxylic acids is 2. The van der Waals surface area contributed by atoms with Gasteiger partial charge in [0.15, 0.2) is 5.78 Å². The van der Waals surface area contributed by atoms with E-state index in [2.05, 4.69) is 9.97 Å². The van der Waals surface area contributed by atoms with Crippen LogP contribution in [0.5, 0.6) is 5.75 Å². The van der Waals surface area contributed by atoms with Crippen LogP contribution in [0.4, 0.5) is 0 Å². The molecule has 2 aliphatic rings. The molecule has 0 radical (unpaired) electrons. The number of benzene rings is 2. The van der Waals surface area contributed by atoms with Gasteiger partial charge in [0, 0.05) is 31.0 Å². The molecule has 6 nitrogen and oxygen atoms in total. The van der Waals surface area contributed by atoms with Gasteiger partial charge >= 0.3 is 0 Å². The topological polar surface area (TPSA) is 75.3 Å². The van der Waals surface area contributed by atoms with E-state index in [1.165, 1.54) is 0 Å². The average Bonchev–Trinajstić information content (AvgIpc) is 3.19. The Morgan fingerprint density at radius 1 is 1.28 bits per heavy atom. The highest BCUT2D eigenvalue weighted by atomic mass is 35.5. The number of aryl methyl sites for hydroxylation is 1. The van der Waals surface area contributed by atoms with Crippen molar-refractivity contribution in [2.75, 3.05) is 13.1 Å². The van der Waals surface area contributed by atoms with Crippen molar-refractivity contribution in [3.05, 3.63) is 58.4 Å². The van der Waals surface area contributed by atoms with Crippen LogP contribution in [0, 0.1) is 6.92 Å². The number of nitrogens with zero attached hydrogens (tertiary/aromatic N) is 2.